The lowest BCUT2D eigenvalue weighted by Crippen LogP contribution is -2.29. The number of alkyl halides is 6. The molecule has 0 radical (unpaired) electrons. The van der Waals surface area contributed by atoms with Gasteiger partial charge in [-0.05, 0) is 18.2 Å². The number of sulfonamides is 1. The van der Waals surface area contributed by atoms with Gasteiger partial charge in [0.1, 0.15) is 10.7 Å². The van der Waals surface area contributed by atoms with Crippen LogP contribution in [0.1, 0.15) is 11.4 Å². The van der Waals surface area contributed by atoms with Crippen molar-refractivity contribution < 1.29 is 34.8 Å². The normalized spacial score (nSPS) is 12.9. The molecule has 2 heterocycles. The predicted molar refractivity (Wildman–Crippen MR) is 107 cm³/mol. The van der Waals surface area contributed by atoms with Crippen molar-refractivity contribution in [3.63, 3.8) is 0 Å². The second-order valence-corrected chi connectivity index (χ2v) is 9.91. The van der Waals surface area contributed by atoms with Crippen LogP contribution in [0.2, 0.25) is 5.02 Å². The Morgan fingerprint density at radius 3 is 2.29 bits per heavy atom. The second-order valence-electron chi connectivity index (χ2n) is 6.03. The topological polar surface area (TPSA) is 72.0 Å². The monoisotopic (exact) mass is 521 g/mol. The number of nitrogens with zero attached hydrogens (tertiary/aromatic N) is 2. The quantitative estimate of drug-likeness (QED) is 0.384. The molecule has 0 aliphatic heterocycles. The van der Waals surface area contributed by atoms with E-state index >= 15 is 0 Å². The molecule has 31 heavy (non-hydrogen) atoms. The number of nitrogens with one attached hydrogen (secondary N) is 1. The van der Waals surface area contributed by atoms with Crippen LogP contribution in [0, 0.1) is 0 Å². The molecule has 0 bridgehead atoms. The molecule has 0 fully saturated rings. The highest BCUT2D eigenvalue weighted by Gasteiger charge is 2.46. The summed E-state index contributed by atoms with van der Waals surface area (Å²) >= 11 is 8.31. The molecule has 0 saturated carbocycles. The molecule has 0 aliphatic rings. The zero-order chi connectivity index (χ0) is 23.0. The van der Waals surface area contributed by atoms with Crippen LogP contribution in [-0.2, 0) is 16.4 Å². The van der Waals surface area contributed by atoms with Crippen LogP contribution in [0.15, 0.2) is 29.0 Å². The summed E-state index contributed by atoms with van der Waals surface area (Å²) in [5, 5.41) is 3.84. The zero-order valence-electron chi connectivity index (χ0n) is 14.9. The van der Waals surface area contributed by atoms with Crippen molar-refractivity contribution >= 4 is 50.0 Å². The summed E-state index contributed by atoms with van der Waals surface area (Å²) in [6.45, 7) is 0. The van der Waals surface area contributed by atoms with E-state index in [1.54, 1.807) is 10.8 Å². The highest BCUT2D eigenvalue weighted by molar-refractivity contribution is 7.93. The van der Waals surface area contributed by atoms with Gasteiger partial charge in [0, 0.05) is 29.2 Å². The van der Waals surface area contributed by atoms with E-state index in [9.17, 15) is 34.8 Å². The van der Waals surface area contributed by atoms with Gasteiger partial charge in [-0.3, -0.25) is 4.72 Å². The van der Waals surface area contributed by atoms with E-state index in [1.165, 1.54) is 10.8 Å². The van der Waals surface area contributed by atoms with Gasteiger partial charge >= 0.3 is 21.7 Å². The van der Waals surface area contributed by atoms with Crippen LogP contribution in [0.25, 0.3) is 22.0 Å². The molecule has 168 valence electrons. The number of halogens is 7. The Morgan fingerprint density at radius 2 is 1.68 bits per heavy atom. The SMILES string of the molecule is O=S(=O)(Nc1ccc(-c2csc(-c3csc(CCC(F)(F)F)n3)n2)c(Cl)c1)C(F)(F)F. The molecule has 0 aliphatic carbocycles. The molecule has 15 heteroatoms. The fraction of sp³-hybridized carbons (Fsp3) is 0.250. The van der Waals surface area contributed by atoms with Crippen molar-refractivity contribution in [1.82, 2.24) is 9.97 Å². The molecular formula is C16H10ClF6N3O2S3. The lowest BCUT2D eigenvalue weighted by Gasteiger charge is -2.11. The maximum atomic E-state index is 12.5. The maximum Gasteiger partial charge on any atom is 0.516 e. The van der Waals surface area contributed by atoms with Crippen LogP contribution in [0.5, 0.6) is 0 Å². The predicted octanol–water partition coefficient (Wildman–Crippen LogP) is 6.34. The lowest BCUT2D eigenvalue weighted by molar-refractivity contribution is -0.134. The van der Waals surface area contributed by atoms with Gasteiger partial charge in [0.2, 0.25) is 0 Å². The molecule has 1 aromatic carbocycles. The summed E-state index contributed by atoms with van der Waals surface area (Å²) < 4.78 is 98.2. The Hall–Kier alpha value is -1.90. The smallest absolute Gasteiger partial charge is 0.276 e. The van der Waals surface area contributed by atoms with Gasteiger partial charge in [-0.1, -0.05) is 11.6 Å². The number of rotatable bonds is 6. The Balaban J connectivity index is 1.78. The molecule has 0 saturated heterocycles. The van der Waals surface area contributed by atoms with Gasteiger partial charge in [0.05, 0.1) is 21.4 Å². The third kappa shape index (κ3) is 5.87. The third-order valence-corrected chi connectivity index (χ3v) is 6.90. The second kappa shape index (κ2) is 8.56. The molecule has 5 nitrogen and oxygen atoms in total. The summed E-state index contributed by atoms with van der Waals surface area (Å²) in [6, 6.07) is 3.41. The number of aryl methyl sites for hydroxylation is 1. The highest BCUT2D eigenvalue weighted by Crippen LogP contribution is 2.35. The van der Waals surface area contributed by atoms with Gasteiger partial charge < -0.3 is 0 Å². The maximum absolute atomic E-state index is 12.5. The van der Waals surface area contributed by atoms with Crippen molar-refractivity contribution in [2.45, 2.75) is 24.5 Å². The average molecular weight is 522 g/mol. The zero-order valence-corrected chi connectivity index (χ0v) is 18.1. The van der Waals surface area contributed by atoms with E-state index in [4.69, 9.17) is 11.6 Å². The van der Waals surface area contributed by atoms with Gasteiger partial charge in [0.15, 0.2) is 0 Å². The number of hydrogen-bond acceptors (Lipinski definition) is 6. The molecule has 0 atom stereocenters. The van der Waals surface area contributed by atoms with Crippen molar-refractivity contribution in [1.29, 1.82) is 0 Å². The number of thiazole rings is 2. The third-order valence-electron chi connectivity index (χ3n) is 3.70. The molecule has 0 spiro atoms. The van der Waals surface area contributed by atoms with Crippen LogP contribution in [-0.4, -0.2) is 30.1 Å². The first-order valence-electron chi connectivity index (χ1n) is 8.11. The van der Waals surface area contributed by atoms with Gasteiger partial charge in [-0.25, -0.2) is 9.97 Å². The van der Waals surface area contributed by atoms with Gasteiger partial charge in [0.25, 0.3) is 0 Å². The van der Waals surface area contributed by atoms with Gasteiger partial charge in [-0.15, -0.1) is 22.7 Å². The molecule has 1 N–H and O–H groups in total. The van der Waals surface area contributed by atoms with Crippen LogP contribution in [0.3, 0.4) is 0 Å². The minimum absolute atomic E-state index is 0.0524. The molecule has 0 unspecified atom stereocenters. The average Bonchev–Trinajstić information content (AvgIpc) is 3.27. The Bertz CT molecular complexity index is 1190. The first kappa shape index (κ1) is 23.8. The van der Waals surface area contributed by atoms with Gasteiger partial charge in [-0.2, -0.15) is 34.8 Å². The van der Waals surface area contributed by atoms with E-state index in [1.807, 2.05) is 0 Å². The lowest BCUT2D eigenvalue weighted by atomic mass is 10.1. The van der Waals surface area contributed by atoms with E-state index in [0.717, 1.165) is 34.8 Å². The highest BCUT2D eigenvalue weighted by atomic mass is 35.5. The summed E-state index contributed by atoms with van der Waals surface area (Å²) in [5.41, 5.74) is -4.79. The fourth-order valence-corrected chi connectivity index (χ4v) is 4.75. The first-order chi connectivity index (χ1) is 14.2. The summed E-state index contributed by atoms with van der Waals surface area (Å²) in [7, 11) is -5.59. The summed E-state index contributed by atoms with van der Waals surface area (Å²) in [4.78, 5) is 8.46. The van der Waals surface area contributed by atoms with E-state index in [-0.39, 0.29) is 17.1 Å². The number of hydrogen-bond donors (Lipinski definition) is 1. The first-order valence-corrected chi connectivity index (χ1v) is 11.7. The van der Waals surface area contributed by atoms with E-state index in [2.05, 4.69) is 9.97 Å². The van der Waals surface area contributed by atoms with Crippen molar-refractivity contribution in [2.75, 3.05) is 4.72 Å². The summed E-state index contributed by atoms with van der Waals surface area (Å²) in [6.07, 6.45) is -5.51. The largest absolute Gasteiger partial charge is 0.516 e. The molecule has 0 amide bonds. The fourth-order valence-electron chi connectivity index (χ4n) is 2.29. The van der Waals surface area contributed by atoms with Crippen molar-refractivity contribution in [3.05, 3.63) is 39.0 Å². The number of aromatic nitrogens is 2. The van der Waals surface area contributed by atoms with Crippen molar-refractivity contribution in [3.8, 4) is 22.0 Å². The van der Waals surface area contributed by atoms with E-state index in [0.29, 0.717) is 27.0 Å². The Kier molecular flexibility index (Phi) is 6.56. The molecule has 2 aromatic heterocycles. The molecule has 3 aromatic rings. The molecular weight excluding hydrogens is 512 g/mol. The van der Waals surface area contributed by atoms with Crippen LogP contribution >= 0.6 is 34.3 Å². The standard InChI is InChI=1S/C16H10ClF6N3O2S3/c17-10-5-8(26-31(27,28)16(21,22)23)1-2-9(10)11-6-30-14(25-11)12-7-29-13(24-12)3-4-15(18,19)20/h1-2,5-7,26H,3-4H2. The Morgan fingerprint density at radius 1 is 1.00 bits per heavy atom. The van der Waals surface area contributed by atoms with Crippen LogP contribution < -0.4 is 4.72 Å². The molecule has 3 rings (SSSR count). The summed E-state index contributed by atoms with van der Waals surface area (Å²) in [5.74, 6) is 0. The van der Waals surface area contributed by atoms with E-state index < -0.39 is 28.1 Å². The van der Waals surface area contributed by atoms with Crippen molar-refractivity contribution in [2.24, 2.45) is 0 Å². The van der Waals surface area contributed by atoms with Crippen LogP contribution in [0.4, 0.5) is 32.0 Å². The minimum atomic E-state index is -5.59. The number of anilines is 1. The Labute approximate surface area is 184 Å². The number of benzene rings is 1. The minimum Gasteiger partial charge on any atom is -0.276 e.